The van der Waals surface area contributed by atoms with Gasteiger partial charge in [-0.15, -0.1) is 0 Å². The van der Waals surface area contributed by atoms with E-state index in [2.05, 4.69) is 23.1 Å². The predicted molar refractivity (Wildman–Crippen MR) is 83.2 cm³/mol. The fourth-order valence-corrected chi connectivity index (χ4v) is 3.40. The number of anilines is 2. The molecule has 2 aliphatic rings. The molecule has 0 bridgehead atoms. The summed E-state index contributed by atoms with van der Waals surface area (Å²) in [5.41, 5.74) is 4.27. The first-order chi connectivity index (χ1) is 10.3. The van der Waals surface area contributed by atoms with Crippen molar-refractivity contribution in [2.24, 2.45) is 0 Å². The van der Waals surface area contributed by atoms with Crippen LogP contribution in [0.2, 0.25) is 0 Å². The number of hydrogen-bond acceptors (Lipinski definition) is 3. The molecule has 2 aromatic carbocycles. The number of benzene rings is 2. The van der Waals surface area contributed by atoms with Crippen LogP contribution in [0.4, 0.5) is 11.4 Å². The molecule has 0 amide bonds. The average molecular weight is 279 g/mol. The van der Waals surface area contributed by atoms with Crippen molar-refractivity contribution in [3.05, 3.63) is 59.7 Å². The molecular weight excluding hydrogens is 262 g/mol. The van der Waals surface area contributed by atoms with Crippen LogP contribution in [0.25, 0.3) is 0 Å². The summed E-state index contributed by atoms with van der Waals surface area (Å²) in [6, 6.07) is 16.1. The largest absolute Gasteiger partial charge is 0.357 e. The van der Waals surface area contributed by atoms with Crippen molar-refractivity contribution >= 4 is 17.2 Å². The molecule has 2 heterocycles. The van der Waals surface area contributed by atoms with E-state index >= 15 is 0 Å². The number of rotatable bonds is 0. The third-order valence-electron chi connectivity index (χ3n) is 4.47. The second-order valence-electron chi connectivity index (χ2n) is 5.64. The van der Waals surface area contributed by atoms with Crippen molar-refractivity contribution in [3.63, 3.8) is 0 Å². The quantitative estimate of drug-likeness (QED) is 0.778. The van der Waals surface area contributed by atoms with E-state index in [0.29, 0.717) is 0 Å². The molecule has 2 aliphatic heterocycles. The van der Waals surface area contributed by atoms with E-state index in [4.69, 9.17) is 5.41 Å². The summed E-state index contributed by atoms with van der Waals surface area (Å²) < 4.78 is 0. The van der Waals surface area contributed by atoms with Crippen LogP contribution in [0, 0.1) is 5.41 Å². The van der Waals surface area contributed by atoms with E-state index < -0.39 is 0 Å². The number of amidine groups is 1. The minimum absolute atomic E-state index is 0.0719. The number of fused-ring (bicyclic) bond motifs is 4. The zero-order valence-corrected chi connectivity index (χ0v) is 11.7. The number of nitrogens with one attached hydrogen (secondary N) is 1. The molecule has 0 aromatic heterocycles. The minimum atomic E-state index is -0.0719. The van der Waals surface area contributed by atoms with E-state index in [0.717, 1.165) is 35.7 Å². The Morgan fingerprint density at radius 3 is 2.43 bits per heavy atom. The van der Waals surface area contributed by atoms with E-state index in [9.17, 15) is 5.21 Å². The Morgan fingerprint density at radius 1 is 0.952 bits per heavy atom. The normalized spacial score (nSPS) is 20.4. The Morgan fingerprint density at radius 2 is 1.62 bits per heavy atom. The number of hydroxylamine groups is 1. The Bertz CT molecular complexity index is 713. The molecule has 0 spiro atoms. The molecule has 0 fully saturated rings. The molecule has 0 saturated carbocycles. The van der Waals surface area contributed by atoms with Crippen LogP contribution in [0.5, 0.6) is 0 Å². The number of aryl methyl sites for hydroxylation is 1. The van der Waals surface area contributed by atoms with Gasteiger partial charge in [-0.25, -0.2) is 5.06 Å². The average Bonchev–Trinajstić information content (AvgIpc) is 2.64. The maximum absolute atomic E-state index is 10.4. The van der Waals surface area contributed by atoms with Gasteiger partial charge in [0.2, 0.25) is 0 Å². The highest BCUT2D eigenvalue weighted by Gasteiger charge is 2.35. The lowest BCUT2D eigenvalue weighted by Gasteiger charge is -2.38. The summed E-state index contributed by atoms with van der Waals surface area (Å²) in [7, 11) is 0. The Labute approximate surface area is 123 Å². The van der Waals surface area contributed by atoms with Crippen molar-refractivity contribution in [2.45, 2.75) is 25.4 Å². The molecule has 21 heavy (non-hydrogen) atoms. The van der Waals surface area contributed by atoms with Gasteiger partial charge in [-0.2, -0.15) is 0 Å². The lowest BCUT2D eigenvalue weighted by molar-refractivity contribution is 0.307. The monoisotopic (exact) mass is 279 g/mol. The first-order valence-corrected chi connectivity index (χ1v) is 7.25. The zero-order valence-electron chi connectivity index (χ0n) is 11.7. The first kappa shape index (κ1) is 12.4. The minimum Gasteiger partial charge on any atom is -0.357 e. The lowest BCUT2D eigenvalue weighted by Crippen LogP contribution is -2.47. The highest BCUT2D eigenvalue weighted by atomic mass is 16.5. The van der Waals surface area contributed by atoms with E-state index in [1.807, 2.05) is 30.3 Å². The van der Waals surface area contributed by atoms with Gasteiger partial charge in [0.1, 0.15) is 5.84 Å². The van der Waals surface area contributed by atoms with Gasteiger partial charge in [-0.05, 0) is 36.1 Å². The highest BCUT2D eigenvalue weighted by Crippen LogP contribution is 2.36. The van der Waals surface area contributed by atoms with Crippen molar-refractivity contribution in [1.82, 2.24) is 0 Å². The topological polar surface area (TPSA) is 50.6 Å². The van der Waals surface area contributed by atoms with Crippen LogP contribution >= 0.6 is 0 Å². The summed E-state index contributed by atoms with van der Waals surface area (Å²) in [6.45, 7) is 0.720. The summed E-state index contributed by atoms with van der Waals surface area (Å²) in [5, 5.41) is 19.8. The molecule has 1 atom stereocenters. The highest BCUT2D eigenvalue weighted by molar-refractivity contribution is 6.01. The molecule has 4 nitrogen and oxygen atoms in total. The molecule has 1 unspecified atom stereocenters. The fraction of sp³-hybridized carbons (Fsp3) is 0.235. The molecule has 0 saturated heterocycles. The van der Waals surface area contributed by atoms with Gasteiger partial charge in [0.15, 0.2) is 0 Å². The molecule has 4 rings (SSSR count). The van der Waals surface area contributed by atoms with E-state index in [-0.39, 0.29) is 11.9 Å². The van der Waals surface area contributed by atoms with Crippen LogP contribution in [-0.4, -0.2) is 17.1 Å². The van der Waals surface area contributed by atoms with Crippen LogP contribution < -0.4 is 9.96 Å². The molecule has 0 aliphatic carbocycles. The maximum Gasteiger partial charge on any atom is 0.149 e. The molecule has 4 heteroatoms. The third kappa shape index (κ3) is 1.83. The summed E-state index contributed by atoms with van der Waals surface area (Å²) in [6.07, 6.45) is 1.81. The van der Waals surface area contributed by atoms with Crippen molar-refractivity contribution in [1.29, 1.82) is 5.41 Å². The summed E-state index contributed by atoms with van der Waals surface area (Å²) >= 11 is 0. The van der Waals surface area contributed by atoms with Gasteiger partial charge in [-0.3, -0.25) is 10.6 Å². The van der Waals surface area contributed by atoms with Gasteiger partial charge < -0.3 is 4.90 Å². The van der Waals surface area contributed by atoms with Crippen LogP contribution in [0.15, 0.2) is 48.5 Å². The van der Waals surface area contributed by atoms with Gasteiger partial charge in [0, 0.05) is 12.2 Å². The molecule has 2 N–H and O–H groups in total. The van der Waals surface area contributed by atoms with E-state index in [1.54, 1.807) is 0 Å². The second-order valence-corrected chi connectivity index (χ2v) is 5.64. The summed E-state index contributed by atoms with van der Waals surface area (Å²) in [5.74, 6) is 0.259. The van der Waals surface area contributed by atoms with E-state index in [1.165, 1.54) is 11.3 Å². The molecule has 0 radical (unpaired) electrons. The number of nitrogens with zero attached hydrogens (tertiary/aromatic N) is 2. The Kier molecular flexibility index (Phi) is 2.72. The van der Waals surface area contributed by atoms with Crippen molar-refractivity contribution in [2.75, 3.05) is 9.96 Å². The summed E-state index contributed by atoms with van der Waals surface area (Å²) in [4.78, 5) is 2.25. The predicted octanol–water partition coefficient (Wildman–Crippen LogP) is 3.19. The Hall–Kier alpha value is -2.33. The standard InChI is InChI=1S/C17H17N3O/c18-17-16-10-9-12-5-1-3-7-14(12)19(16)11-13-6-2-4-8-15(13)20(17)21/h1-8,16,18,21H,9-11H2. The molecular formula is C17H17N3O. The fourth-order valence-electron chi connectivity index (χ4n) is 3.40. The second kappa shape index (κ2) is 4.60. The van der Waals surface area contributed by atoms with Crippen LogP contribution in [-0.2, 0) is 13.0 Å². The Balaban J connectivity index is 1.87. The first-order valence-electron chi connectivity index (χ1n) is 7.25. The smallest absolute Gasteiger partial charge is 0.149 e. The lowest BCUT2D eigenvalue weighted by atomic mass is 9.95. The number of hydrogen-bond donors (Lipinski definition) is 2. The van der Waals surface area contributed by atoms with Crippen LogP contribution in [0.3, 0.4) is 0 Å². The van der Waals surface area contributed by atoms with Crippen molar-refractivity contribution < 1.29 is 5.21 Å². The van der Waals surface area contributed by atoms with Gasteiger partial charge in [0.05, 0.1) is 11.7 Å². The third-order valence-corrected chi connectivity index (χ3v) is 4.47. The van der Waals surface area contributed by atoms with Gasteiger partial charge in [-0.1, -0.05) is 36.4 Å². The van der Waals surface area contributed by atoms with Crippen molar-refractivity contribution in [3.8, 4) is 0 Å². The zero-order chi connectivity index (χ0) is 14.4. The van der Waals surface area contributed by atoms with Gasteiger partial charge in [0.25, 0.3) is 0 Å². The number of para-hydroxylation sites is 2. The molecule has 2 aromatic rings. The van der Waals surface area contributed by atoms with Crippen LogP contribution in [0.1, 0.15) is 17.5 Å². The maximum atomic E-state index is 10.4. The van der Waals surface area contributed by atoms with Gasteiger partial charge >= 0.3 is 0 Å². The molecule has 106 valence electrons. The SMILES string of the molecule is N=C1C2CCc3ccccc3N2Cc2ccccc2N1O.